The number of ether oxygens (including phenoxy) is 1. The Balaban J connectivity index is 2.75. The molecule has 1 unspecified atom stereocenters. The van der Waals surface area contributed by atoms with Gasteiger partial charge in [-0.05, 0) is 19.8 Å². The van der Waals surface area contributed by atoms with Crippen molar-refractivity contribution in [3.8, 4) is 0 Å². The predicted molar refractivity (Wildman–Crippen MR) is 69.7 cm³/mol. The van der Waals surface area contributed by atoms with Gasteiger partial charge in [-0.1, -0.05) is 0 Å². The molecule has 0 aromatic carbocycles. The normalized spacial score (nSPS) is 13.4. The molecule has 1 aromatic rings. The summed E-state index contributed by atoms with van der Waals surface area (Å²) < 4.78 is 30.9. The second kappa shape index (κ2) is 6.94. The molecule has 0 spiro atoms. The number of methoxy groups -OCH3 is 1. The SMILES string of the molecule is COCCCC(NS(=O)(=O)c1cnc(C)s1)C(=O)O. The Morgan fingerprint density at radius 3 is 2.79 bits per heavy atom. The zero-order chi connectivity index (χ0) is 14.5. The summed E-state index contributed by atoms with van der Waals surface area (Å²) in [6.45, 7) is 2.06. The fourth-order valence-electron chi connectivity index (χ4n) is 1.38. The smallest absolute Gasteiger partial charge is 0.321 e. The Hall–Kier alpha value is -1.03. The topological polar surface area (TPSA) is 106 Å². The number of thiazole rings is 1. The van der Waals surface area contributed by atoms with Crippen molar-refractivity contribution in [1.82, 2.24) is 9.71 Å². The van der Waals surface area contributed by atoms with Crippen LogP contribution in [0.1, 0.15) is 17.8 Å². The number of aromatic nitrogens is 1. The van der Waals surface area contributed by atoms with E-state index in [1.165, 1.54) is 13.3 Å². The van der Waals surface area contributed by atoms with Gasteiger partial charge in [0, 0.05) is 13.7 Å². The van der Waals surface area contributed by atoms with Crippen LogP contribution in [0.15, 0.2) is 10.4 Å². The zero-order valence-corrected chi connectivity index (χ0v) is 12.3. The molecule has 2 N–H and O–H groups in total. The Morgan fingerprint density at radius 1 is 1.63 bits per heavy atom. The summed E-state index contributed by atoms with van der Waals surface area (Å²) in [5.41, 5.74) is 0. The number of aliphatic carboxylic acids is 1. The fraction of sp³-hybridized carbons (Fsp3) is 0.600. The van der Waals surface area contributed by atoms with Crippen molar-refractivity contribution in [3.05, 3.63) is 11.2 Å². The quantitative estimate of drug-likeness (QED) is 0.682. The second-order valence-electron chi connectivity index (χ2n) is 3.85. The highest BCUT2D eigenvalue weighted by molar-refractivity contribution is 7.91. The highest BCUT2D eigenvalue weighted by Gasteiger charge is 2.26. The molecule has 19 heavy (non-hydrogen) atoms. The van der Waals surface area contributed by atoms with Crippen molar-refractivity contribution in [2.45, 2.75) is 30.0 Å². The maximum absolute atomic E-state index is 12.0. The molecule has 0 aliphatic heterocycles. The van der Waals surface area contributed by atoms with Crippen LogP contribution in [-0.2, 0) is 19.6 Å². The Kier molecular flexibility index (Phi) is 5.85. The van der Waals surface area contributed by atoms with E-state index in [0.29, 0.717) is 18.0 Å². The fourth-order valence-corrected chi connectivity index (χ4v) is 3.72. The van der Waals surface area contributed by atoms with E-state index in [4.69, 9.17) is 9.84 Å². The Morgan fingerprint density at radius 2 is 2.32 bits per heavy atom. The number of nitrogens with zero attached hydrogens (tertiary/aromatic N) is 1. The maximum Gasteiger partial charge on any atom is 0.321 e. The average Bonchev–Trinajstić information content (AvgIpc) is 2.75. The van der Waals surface area contributed by atoms with Gasteiger partial charge in [-0.25, -0.2) is 13.4 Å². The summed E-state index contributed by atoms with van der Waals surface area (Å²) in [6, 6.07) is -1.16. The molecule has 0 fully saturated rings. The molecule has 1 aromatic heterocycles. The minimum atomic E-state index is -3.84. The number of rotatable bonds is 8. The lowest BCUT2D eigenvalue weighted by molar-refractivity contribution is -0.139. The van der Waals surface area contributed by atoms with Crippen molar-refractivity contribution in [2.24, 2.45) is 0 Å². The first-order chi connectivity index (χ1) is 8.86. The third-order valence-electron chi connectivity index (χ3n) is 2.30. The first-order valence-corrected chi connectivity index (χ1v) is 7.83. The predicted octanol–water partition coefficient (Wildman–Crippen LogP) is 0.610. The van der Waals surface area contributed by atoms with Crippen LogP contribution < -0.4 is 4.72 Å². The molecule has 1 atom stereocenters. The van der Waals surface area contributed by atoms with E-state index < -0.39 is 22.0 Å². The van der Waals surface area contributed by atoms with Crippen LogP contribution in [0.5, 0.6) is 0 Å². The molecule has 0 amide bonds. The second-order valence-corrected chi connectivity index (χ2v) is 7.02. The number of carboxylic acids is 1. The third kappa shape index (κ3) is 4.86. The first-order valence-electron chi connectivity index (χ1n) is 5.53. The van der Waals surface area contributed by atoms with Gasteiger partial charge in [0.2, 0.25) is 0 Å². The molecule has 108 valence electrons. The highest BCUT2D eigenvalue weighted by atomic mass is 32.2. The summed E-state index contributed by atoms with van der Waals surface area (Å²) in [5, 5.41) is 9.61. The molecular formula is C10H16N2O5S2. The van der Waals surface area contributed by atoms with Gasteiger partial charge in [-0.3, -0.25) is 4.79 Å². The number of nitrogens with one attached hydrogen (secondary N) is 1. The van der Waals surface area contributed by atoms with Crippen LogP contribution in [0.4, 0.5) is 0 Å². The van der Waals surface area contributed by atoms with Gasteiger partial charge in [0.25, 0.3) is 10.0 Å². The maximum atomic E-state index is 12.0. The molecule has 0 saturated heterocycles. The molecule has 0 aliphatic carbocycles. The summed E-state index contributed by atoms with van der Waals surface area (Å²) in [4.78, 5) is 14.9. The minimum absolute atomic E-state index is 0.0167. The summed E-state index contributed by atoms with van der Waals surface area (Å²) in [6.07, 6.45) is 1.84. The minimum Gasteiger partial charge on any atom is -0.480 e. The van der Waals surface area contributed by atoms with Gasteiger partial charge in [0.05, 0.1) is 11.2 Å². The molecule has 0 saturated carbocycles. The van der Waals surface area contributed by atoms with Crippen LogP contribution in [-0.4, -0.2) is 44.2 Å². The van der Waals surface area contributed by atoms with Crippen molar-refractivity contribution < 1.29 is 23.1 Å². The molecule has 1 heterocycles. The number of hydrogen-bond donors (Lipinski definition) is 2. The Labute approximate surface area is 115 Å². The van der Waals surface area contributed by atoms with E-state index in [1.54, 1.807) is 6.92 Å². The van der Waals surface area contributed by atoms with E-state index in [2.05, 4.69) is 9.71 Å². The van der Waals surface area contributed by atoms with Gasteiger partial charge in [-0.15, -0.1) is 11.3 Å². The molecule has 1 rings (SSSR count). The van der Waals surface area contributed by atoms with Gasteiger partial charge in [0.15, 0.2) is 4.21 Å². The van der Waals surface area contributed by atoms with E-state index >= 15 is 0 Å². The van der Waals surface area contributed by atoms with Crippen LogP contribution in [0.2, 0.25) is 0 Å². The molecule has 7 nitrogen and oxygen atoms in total. The van der Waals surface area contributed by atoms with Gasteiger partial charge < -0.3 is 9.84 Å². The van der Waals surface area contributed by atoms with Crippen molar-refractivity contribution in [1.29, 1.82) is 0 Å². The number of carboxylic acid groups (broad SMARTS) is 1. The largest absolute Gasteiger partial charge is 0.480 e. The molecular weight excluding hydrogens is 292 g/mol. The lowest BCUT2D eigenvalue weighted by Crippen LogP contribution is -2.40. The lowest BCUT2D eigenvalue weighted by atomic mass is 10.2. The monoisotopic (exact) mass is 308 g/mol. The van der Waals surface area contributed by atoms with Gasteiger partial charge in [-0.2, -0.15) is 4.72 Å². The van der Waals surface area contributed by atoms with Crippen LogP contribution in [0, 0.1) is 6.92 Å². The summed E-state index contributed by atoms with van der Waals surface area (Å²) >= 11 is 0.998. The van der Waals surface area contributed by atoms with Crippen molar-refractivity contribution >= 4 is 27.3 Å². The molecule has 9 heteroatoms. The summed E-state index contributed by atoms with van der Waals surface area (Å²) in [7, 11) is -2.34. The van der Waals surface area contributed by atoms with Crippen LogP contribution in [0.3, 0.4) is 0 Å². The van der Waals surface area contributed by atoms with E-state index in [9.17, 15) is 13.2 Å². The van der Waals surface area contributed by atoms with Gasteiger partial charge in [0.1, 0.15) is 6.04 Å². The lowest BCUT2D eigenvalue weighted by Gasteiger charge is -2.13. The van der Waals surface area contributed by atoms with E-state index in [-0.39, 0.29) is 10.6 Å². The first kappa shape index (κ1) is 16.0. The number of carbonyl (C=O) groups is 1. The third-order valence-corrected chi connectivity index (χ3v) is 5.15. The van der Waals surface area contributed by atoms with Crippen molar-refractivity contribution in [2.75, 3.05) is 13.7 Å². The van der Waals surface area contributed by atoms with E-state index in [0.717, 1.165) is 11.3 Å². The number of hydrogen-bond acceptors (Lipinski definition) is 6. The highest BCUT2D eigenvalue weighted by Crippen LogP contribution is 2.18. The molecule has 0 bridgehead atoms. The number of sulfonamides is 1. The summed E-state index contributed by atoms with van der Waals surface area (Å²) in [5.74, 6) is -1.21. The van der Waals surface area contributed by atoms with E-state index in [1.807, 2.05) is 0 Å². The van der Waals surface area contributed by atoms with Crippen LogP contribution in [0.25, 0.3) is 0 Å². The molecule has 0 aliphatic rings. The molecule has 0 radical (unpaired) electrons. The van der Waals surface area contributed by atoms with Crippen molar-refractivity contribution in [3.63, 3.8) is 0 Å². The van der Waals surface area contributed by atoms with Gasteiger partial charge >= 0.3 is 5.97 Å². The zero-order valence-electron chi connectivity index (χ0n) is 10.6. The Bertz CT molecular complexity index is 526. The number of aryl methyl sites for hydroxylation is 1. The van der Waals surface area contributed by atoms with Crippen LogP contribution >= 0.6 is 11.3 Å². The standard InChI is InChI=1S/C10H16N2O5S2/c1-7-11-6-9(18-7)19(15,16)12-8(10(13)14)4-3-5-17-2/h6,8,12H,3-5H2,1-2H3,(H,13,14). The average molecular weight is 308 g/mol.